The van der Waals surface area contributed by atoms with E-state index < -0.39 is 45.5 Å². The van der Waals surface area contributed by atoms with Crippen molar-refractivity contribution in [1.82, 2.24) is 15.2 Å². The van der Waals surface area contributed by atoms with Crippen LogP contribution in [0.1, 0.15) is 48.0 Å². The van der Waals surface area contributed by atoms with Gasteiger partial charge in [-0.05, 0) is 41.5 Å². The van der Waals surface area contributed by atoms with E-state index in [1.807, 2.05) is 0 Å². The molecule has 9 heteroatoms. The fourth-order valence-electron chi connectivity index (χ4n) is 1.92. The largest absolute Gasteiger partial charge is 0.444 e. The molecule has 1 aliphatic heterocycles. The first-order valence-electron chi connectivity index (χ1n) is 7.46. The molecule has 1 unspecified atom stereocenters. The van der Waals surface area contributed by atoms with Gasteiger partial charge < -0.3 is 9.84 Å². The number of hydrazine groups is 1. The van der Waals surface area contributed by atoms with Crippen molar-refractivity contribution in [3.63, 3.8) is 0 Å². The second kappa shape index (κ2) is 7.14. The van der Waals surface area contributed by atoms with Gasteiger partial charge in [0.15, 0.2) is 0 Å². The maximum atomic E-state index is 12.2. The van der Waals surface area contributed by atoms with E-state index in [1.54, 1.807) is 41.5 Å². The summed E-state index contributed by atoms with van der Waals surface area (Å²) in [5, 5.41) is 9.76. The van der Waals surface area contributed by atoms with Crippen molar-refractivity contribution in [3.8, 4) is 0 Å². The van der Waals surface area contributed by atoms with Crippen LogP contribution in [0.4, 0.5) is 4.79 Å². The molecule has 134 valence electrons. The highest BCUT2D eigenvalue weighted by molar-refractivity contribution is 7.84. The Morgan fingerprint density at radius 3 is 2.26 bits per heavy atom. The first-order chi connectivity index (χ1) is 10.3. The van der Waals surface area contributed by atoms with Gasteiger partial charge in [-0.25, -0.2) is 9.00 Å². The lowest BCUT2D eigenvalue weighted by atomic mass is 10.2. The van der Waals surface area contributed by atoms with Gasteiger partial charge in [-0.2, -0.15) is 4.83 Å². The molecule has 8 nitrogen and oxygen atoms in total. The zero-order chi connectivity index (χ0) is 18.0. The number of nitrogens with zero attached hydrogens (tertiary/aromatic N) is 1. The molecule has 0 saturated carbocycles. The van der Waals surface area contributed by atoms with Crippen LogP contribution in [0.15, 0.2) is 0 Å². The summed E-state index contributed by atoms with van der Waals surface area (Å²) in [5.41, 5.74) is 1.65. The number of amides is 2. The van der Waals surface area contributed by atoms with Gasteiger partial charge in [-0.15, -0.1) is 0 Å². The highest BCUT2D eigenvalue weighted by Gasteiger charge is 2.41. The van der Waals surface area contributed by atoms with E-state index in [-0.39, 0.29) is 13.0 Å². The van der Waals surface area contributed by atoms with Crippen molar-refractivity contribution < 1.29 is 23.6 Å². The number of nitrogens with one attached hydrogen (secondary N) is 2. The number of carbonyl (C=O) groups excluding carboxylic acids is 2. The molecule has 1 saturated heterocycles. The minimum Gasteiger partial charge on any atom is -0.444 e. The van der Waals surface area contributed by atoms with E-state index in [1.165, 1.54) is 4.90 Å². The van der Waals surface area contributed by atoms with E-state index in [9.17, 15) is 18.9 Å². The number of ether oxygens (including phenoxy) is 1. The quantitative estimate of drug-likeness (QED) is 0.641. The third-order valence-electron chi connectivity index (χ3n) is 3.03. The van der Waals surface area contributed by atoms with E-state index in [0.29, 0.717) is 0 Å². The zero-order valence-electron chi connectivity index (χ0n) is 14.5. The Balaban J connectivity index is 2.70. The SMILES string of the molecule is CC(C)(C)OC(=O)N1C[C@H](O)C[C@@H]1C(=O)NNS(=O)C(C)(C)C. The van der Waals surface area contributed by atoms with E-state index in [0.717, 1.165) is 0 Å². The average Bonchev–Trinajstić information content (AvgIpc) is 2.74. The van der Waals surface area contributed by atoms with Crippen LogP contribution in [0, 0.1) is 0 Å². The maximum Gasteiger partial charge on any atom is 0.411 e. The molecule has 1 rings (SSSR count). The van der Waals surface area contributed by atoms with Crippen molar-refractivity contribution in [3.05, 3.63) is 0 Å². The molecule has 1 aliphatic rings. The highest BCUT2D eigenvalue weighted by atomic mass is 32.2. The van der Waals surface area contributed by atoms with E-state index in [4.69, 9.17) is 4.74 Å². The second-order valence-corrected chi connectivity index (χ2v) is 9.48. The van der Waals surface area contributed by atoms with Crippen molar-refractivity contribution >= 4 is 23.0 Å². The van der Waals surface area contributed by atoms with Crippen LogP contribution < -0.4 is 10.3 Å². The number of rotatable bonds is 3. The molecule has 0 aromatic rings. The predicted octanol–water partition coefficient (Wildman–Crippen LogP) is 0.440. The fraction of sp³-hybridized carbons (Fsp3) is 0.857. The number of β-amino-alcohol motifs (C(OH)–C–C–N with tert-alkyl or cyclic N) is 1. The number of likely N-dealkylation sites (tertiary alicyclic amines) is 1. The van der Waals surface area contributed by atoms with E-state index >= 15 is 0 Å². The molecule has 0 aromatic carbocycles. The fourth-order valence-corrected chi connectivity index (χ4v) is 2.42. The van der Waals surface area contributed by atoms with Crippen LogP contribution in [-0.4, -0.2) is 55.3 Å². The first-order valence-corrected chi connectivity index (χ1v) is 8.61. The molecule has 3 N–H and O–H groups in total. The molecule has 1 heterocycles. The summed E-state index contributed by atoms with van der Waals surface area (Å²) >= 11 is 0. The molecule has 0 aromatic heterocycles. The number of aliphatic hydroxyl groups is 1. The molecule has 0 aliphatic carbocycles. The molecular formula is C14H27N3O5S. The normalized spacial score (nSPS) is 23.5. The van der Waals surface area contributed by atoms with Crippen molar-refractivity contribution in [2.45, 2.75) is 70.5 Å². The number of hydrogen-bond donors (Lipinski definition) is 3. The molecular weight excluding hydrogens is 322 g/mol. The van der Waals surface area contributed by atoms with Gasteiger partial charge in [0, 0.05) is 6.42 Å². The Morgan fingerprint density at radius 1 is 1.22 bits per heavy atom. The van der Waals surface area contributed by atoms with Gasteiger partial charge in [-0.3, -0.25) is 15.1 Å². The summed E-state index contributed by atoms with van der Waals surface area (Å²) in [4.78, 5) is 28.0. The minimum atomic E-state index is -1.48. The van der Waals surface area contributed by atoms with Gasteiger partial charge in [0.2, 0.25) is 0 Å². The zero-order valence-corrected chi connectivity index (χ0v) is 15.3. The maximum absolute atomic E-state index is 12.2. The van der Waals surface area contributed by atoms with Gasteiger partial charge >= 0.3 is 6.09 Å². The Morgan fingerprint density at radius 2 is 1.78 bits per heavy atom. The lowest BCUT2D eigenvalue weighted by Crippen LogP contribution is -2.53. The smallest absolute Gasteiger partial charge is 0.411 e. The summed E-state index contributed by atoms with van der Waals surface area (Å²) in [5.74, 6) is -0.537. The topological polar surface area (TPSA) is 108 Å². The summed E-state index contributed by atoms with van der Waals surface area (Å²) in [6.07, 6.45) is -1.35. The summed E-state index contributed by atoms with van der Waals surface area (Å²) in [6, 6.07) is -0.871. The van der Waals surface area contributed by atoms with Gasteiger partial charge in [0.1, 0.15) is 22.6 Å². The monoisotopic (exact) mass is 349 g/mol. The molecule has 23 heavy (non-hydrogen) atoms. The third-order valence-corrected chi connectivity index (χ3v) is 4.43. The van der Waals surface area contributed by atoms with Gasteiger partial charge in [0.05, 0.1) is 17.4 Å². The number of aliphatic hydroxyl groups excluding tert-OH is 1. The van der Waals surface area contributed by atoms with Crippen LogP contribution in [0.2, 0.25) is 0 Å². The van der Waals surface area contributed by atoms with Gasteiger partial charge in [0.25, 0.3) is 5.91 Å². The first kappa shape index (κ1) is 19.9. The Kier molecular flexibility index (Phi) is 6.17. The number of hydrogen-bond acceptors (Lipinski definition) is 5. The lowest BCUT2D eigenvalue weighted by molar-refractivity contribution is -0.126. The Labute approximate surface area is 139 Å². The highest BCUT2D eigenvalue weighted by Crippen LogP contribution is 2.21. The summed E-state index contributed by atoms with van der Waals surface area (Å²) in [6.45, 7) is 10.5. The lowest BCUT2D eigenvalue weighted by Gasteiger charge is -2.28. The van der Waals surface area contributed by atoms with Crippen LogP contribution in [-0.2, 0) is 20.5 Å². The molecule has 0 spiro atoms. The average molecular weight is 349 g/mol. The Bertz CT molecular complexity index is 484. The summed E-state index contributed by atoms with van der Waals surface area (Å²) < 4.78 is 16.6. The van der Waals surface area contributed by atoms with E-state index in [2.05, 4.69) is 10.3 Å². The van der Waals surface area contributed by atoms with Crippen molar-refractivity contribution in [2.24, 2.45) is 0 Å². The molecule has 3 atom stereocenters. The van der Waals surface area contributed by atoms with Crippen molar-refractivity contribution in [1.29, 1.82) is 0 Å². The Hall–Kier alpha value is -1.19. The second-order valence-electron chi connectivity index (χ2n) is 7.51. The summed E-state index contributed by atoms with van der Waals surface area (Å²) in [7, 11) is -1.48. The molecule has 1 fully saturated rings. The van der Waals surface area contributed by atoms with Crippen LogP contribution >= 0.6 is 0 Å². The minimum absolute atomic E-state index is 0.0232. The molecule has 0 bridgehead atoms. The third kappa shape index (κ3) is 6.08. The molecule has 0 radical (unpaired) electrons. The van der Waals surface area contributed by atoms with Gasteiger partial charge in [-0.1, -0.05) is 0 Å². The number of carbonyl (C=O) groups is 2. The molecule has 2 amide bonds. The van der Waals surface area contributed by atoms with Crippen molar-refractivity contribution in [2.75, 3.05) is 6.54 Å². The van der Waals surface area contributed by atoms with Crippen LogP contribution in [0.5, 0.6) is 0 Å². The standard InChI is InChI=1S/C14H27N3O5S/c1-13(2,3)22-12(20)17-8-9(18)7-10(17)11(19)15-16-23(21)14(4,5)6/h9-10,16,18H,7-8H2,1-6H3,(H,15,19)/t9-,10-,23?/m1/s1. The predicted molar refractivity (Wildman–Crippen MR) is 86.5 cm³/mol. The van der Waals surface area contributed by atoms with Crippen LogP contribution in [0.25, 0.3) is 0 Å². The van der Waals surface area contributed by atoms with Crippen LogP contribution in [0.3, 0.4) is 0 Å².